The Morgan fingerprint density at radius 2 is 1.85 bits per heavy atom. The summed E-state index contributed by atoms with van der Waals surface area (Å²) in [7, 11) is 0. The minimum absolute atomic E-state index is 0.0985. The SMILES string of the molecule is N#Cc1ccc2c(c1)CC[C@@H]2NC(=O)c1cc(C(=O)NCc2ccc3c(c2)OCO3)ncn1. The molecule has 0 bridgehead atoms. The highest BCUT2D eigenvalue weighted by Gasteiger charge is 2.25. The zero-order chi connectivity index (χ0) is 22.8. The molecular formula is C24H19N5O4. The van der Waals surface area contributed by atoms with Crippen molar-refractivity contribution in [1.82, 2.24) is 20.6 Å². The van der Waals surface area contributed by atoms with Gasteiger partial charge >= 0.3 is 0 Å². The Hall–Kier alpha value is -4.45. The Morgan fingerprint density at radius 1 is 1.03 bits per heavy atom. The fourth-order valence-electron chi connectivity index (χ4n) is 4.00. The lowest BCUT2D eigenvalue weighted by molar-refractivity contribution is 0.0931. The number of fused-ring (bicyclic) bond motifs is 2. The summed E-state index contributed by atoms with van der Waals surface area (Å²) in [6, 6.07) is 14.3. The molecule has 1 atom stereocenters. The second-order valence-electron chi connectivity index (χ2n) is 7.75. The van der Waals surface area contributed by atoms with E-state index in [0.29, 0.717) is 17.1 Å². The molecule has 1 aromatic heterocycles. The lowest BCUT2D eigenvalue weighted by atomic mass is 10.1. The molecule has 2 heterocycles. The summed E-state index contributed by atoms with van der Waals surface area (Å²) >= 11 is 0. The molecule has 0 radical (unpaired) electrons. The molecule has 2 N–H and O–H groups in total. The largest absolute Gasteiger partial charge is 0.454 e. The van der Waals surface area contributed by atoms with E-state index in [0.717, 1.165) is 29.5 Å². The van der Waals surface area contributed by atoms with Gasteiger partial charge < -0.3 is 20.1 Å². The monoisotopic (exact) mass is 441 g/mol. The smallest absolute Gasteiger partial charge is 0.270 e. The van der Waals surface area contributed by atoms with Crippen molar-refractivity contribution in [3.63, 3.8) is 0 Å². The second-order valence-corrected chi connectivity index (χ2v) is 7.75. The topological polar surface area (TPSA) is 126 Å². The van der Waals surface area contributed by atoms with Crippen molar-refractivity contribution in [3.05, 3.63) is 82.4 Å². The molecular weight excluding hydrogens is 422 g/mol. The maximum atomic E-state index is 12.8. The molecule has 2 aliphatic rings. The van der Waals surface area contributed by atoms with Crippen molar-refractivity contribution in [1.29, 1.82) is 5.26 Å². The van der Waals surface area contributed by atoms with Crippen molar-refractivity contribution in [2.75, 3.05) is 6.79 Å². The van der Waals surface area contributed by atoms with Gasteiger partial charge in [-0.15, -0.1) is 0 Å². The zero-order valence-electron chi connectivity index (χ0n) is 17.5. The lowest BCUT2D eigenvalue weighted by Gasteiger charge is -2.14. The van der Waals surface area contributed by atoms with E-state index in [9.17, 15) is 9.59 Å². The van der Waals surface area contributed by atoms with E-state index in [-0.39, 0.29) is 36.7 Å². The number of aryl methyl sites for hydroxylation is 1. The van der Waals surface area contributed by atoms with Crippen molar-refractivity contribution in [3.8, 4) is 17.6 Å². The second kappa shape index (κ2) is 8.59. The maximum absolute atomic E-state index is 12.8. The number of carbonyl (C=O) groups excluding carboxylic acids is 2. The first-order valence-corrected chi connectivity index (χ1v) is 10.4. The van der Waals surface area contributed by atoms with Crippen LogP contribution in [-0.2, 0) is 13.0 Å². The maximum Gasteiger partial charge on any atom is 0.270 e. The Morgan fingerprint density at radius 3 is 2.70 bits per heavy atom. The van der Waals surface area contributed by atoms with Gasteiger partial charge in [-0.25, -0.2) is 9.97 Å². The summed E-state index contributed by atoms with van der Waals surface area (Å²) < 4.78 is 10.6. The number of nitriles is 1. The highest BCUT2D eigenvalue weighted by atomic mass is 16.7. The minimum atomic E-state index is -0.417. The predicted octanol–water partition coefficient (Wildman–Crippen LogP) is 2.42. The summed E-state index contributed by atoms with van der Waals surface area (Å²) in [5, 5.41) is 14.8. The van der Waals surface area contributed by atoms with Crippen molar-refractivity contribution >= 4 is 11.8 Å². The van der Waals surface area contributed by atoms with Gasteiger partial charge in [0.15, 0.2) is 11.5 Å². The number of benzene rings is 2. The standard InChI is InChI=1S/C24H19N5O4/c25-10-14-1-4-17-16(7-14)3-5-18(17)29-24(31)20-9-19(27-12-28-20)23(30)26-11-15-2-6-21-22(8-15)33-13-32-21/h1-2,4,6-9,12,18H,3,5,11,13H2,(H,26,30)(H,29,31)/t18-/m0/s1. The van der Waals surface area contributed by atoms with E-state index in [4.69, 9.17) is 14.7 Å². The summed E-state index contributed by atoms with van der Waals surface area (Å²) in [5.41, 5.74) is 3.72. The third kappa shape index (κ3) is 4.19. The van der Waals surface area contributed by atoms with Crippen LogP contribution < -0.4 is 20.1 Å². The number of nitrogens with zero attached hydrogens (tertiary/aromatic N) is 3. The summed E-state index contributed by atoms with van der Waals surface area (Å²) in [4.78, 5) is 33.4. The lowest BCUT2D eigenvalue weighted by Crippen LogP contribution is -2.29. The summed E-state index contributed by atoms with van der Waals surface area (Å²) in [5.74, 6) is 0.510. The van der Waals surface area contributed by atoms with E-state index >= 15 is 0 Å². The average Bonchev–Trinajstić information content (AvgIpc) is 3.48. The first-order valence-electron chi connectivity index (χ1n) is 10.4. The highest BCUT2D eigenvalue weighted by Crippen LogP contribution is 2.33. The molecule has 5 rings (SSSR count). The Labute approximate surface area is 189 Å². The van der Waals surface area contributed by atoms with E-state index in [1.165, 1.54) is 12.4 Å². The zero-order valence-corrected chi connectivity index (χ0v) is 17.5. The number of carbonyl (C=O) groups is 2. The van der Waals surface area contributed by atoms with E-state index < -0.39 is 5.91 Å². The van der Waals surface area contributed by atoms with Crippen molar-refractivity contribution in [2.45, 2.75) is 25.4 Å². The molecule has 33 heavy (non-hydrogen) atoms. The fraction of sp³-hybridized carbons (Fsp3) is 0.208. The Bertz CT molecular complexity index is 1300. The first kappa shape index (κ1) is 20.5. The van der Waals surface area contributed by atoms with Crippen LogP contribution in [0.4, 0.5) is 0 Å². The van der Waals surface area contributed by atoms with E-state index in [1.54, 1.807) is 18.2 Å². The predicted molar refractivity (Wildman–Crippen MR) is 115 cm³/mol. The van der Waals surface area contributed by atoms with Crippen LogP contribution in [0.3, 0.4) is 0 Å². The van der Waals surface area contributed by atoms with Crippen LogP contribution in [0.2, 0.25) is 0 Å². The van der Waals surface area contributed by atoms with Gasteiger partial charge in [-0.3, -0.25) is 9.59 Å². The number of nitrogens with one attached hydrogen (secondary N) is 2. The molecule has 2 amide bonds. The third-order valence-corrected chi connectivity index (χ3v) is 5.68. The van der Waals surface area contributed by atoms with Crippen LogP contribution in [-0.4, -0.2) is 28.6 Å². The fourth-order valence-corrected chi connectivity index (χ4v) is 4.00. The van der Waals surface area contributed by atoms with Gasteiger partial charge in [0.05, 0.1) is 17.7 Å². The molecule has 9 nitrogen and oxygen atoms in total. The molecule has 9 heteroatoms. The first-order chi connectivity index (χ1) is 16.1. The number of hydrogen-bond acceptors (Lipinski definition) is 7. The Balaban J connectivity index is 1.23. The number of ether oxygens (including phenoxy) is 2. The minimum Gasteiger partial charge on any atom is -0.454 e. The summed E-state index contributed by atoms with van der Waals surface area (Å²) in [6.07, 6.45) is 2.73. The molecule has 3 aromatic rings. The number of amides is 2. The summed E-state index contributed by atoms with van der Waals surface area (Å²) in [6.45, 7) is 0.453. The van der Waals surface area contributed by atoms with Crippen LogP contribution in [0.15, 0.2) is 48.8 Å². The Kier molecular flexibility index (Phi) is 5.32. The van der Waals surface area contributed by atoms with Gasteiger partial charge in [-0.05, 0) is 53.8 Å². The molecule has 2 aromatic carbocycles. The number of hydrogen-bond donors (Lipinski definition) is 2. The molecule has 1 aliphatic carbocycles. The van der Waals surface area contributed by atoms with Crippen LogP contribution in [0, 0.1) is 11.3 Å². The molecule has 0 unspecified atom stereocenters. The van der Waals surface area contributed by atoms with E-state index in [2.05, 4.69) is 26.7 Å². The van der Waals surface area contributed by atoms with Crippen LogP contribution in [0.5, 0.6) is 11.5 Å². The van der Waals surface area contributed by atoms with E-state index in [1.807, 2.05) is 18.2 Å². The average molecular weight is 441 g/mol. The van der Waals surface area contributed by atoms with Crippen LogP contribution in [0.25, 0.3) is 0 Å². The van der Waals surface area contributed by atoms with Gasteiger partial charge in [0.2, 0.25) is 6.79 Å². The molecule has 0 spiro atoms. The van der Waals surface area contributed by atoms with Gasteiger partial charge in [0, 0.05) is 12.6 Å². The molecule has 0 saturated heterocycles. The van der Waals surface area contributed by atoms with Crippen LogP contribution in [0.1, 0.15) is 55.7 Å². The van der Waals surface area contributed by atoms with Gasteiger partial charge in [-0.2, -0.15) is 5.26 Å². The highest BCUT2D eigenvalue weighted by molar-refractivity contribution is 5.97. The number of rotatable bonds is 5. The van der Waals surface area contributed by atoms with Crippen molar-refractivity contribution in [2.24, 2.45) is 0 Å². The quantitative estimate of drug-likeness (QED) is 0.623. The third-order valence-electron chi connectivity index (χ3n) is 5.68. The number of aromatic nitrogens is 2. The van der Waals surface area contributed by atoms with Crippen molar-refractivity contribution < 1.29 is 19.1 Å². The van der Waals surface area contributed by atoms with Gasteiger partial charge in [0.25, 0.3) is 11.8 Å². The molecule has 164 valence electrons. The van der Waals surface area contributed by atoms with Crippen LogP contribution >= 0.6 is 0 Å². The van der Waals surface area contributed by atoms with Gasteiger partial charge in [0.1, 0.15) is 17.7 Å². The molecule has 0 saturated carbocycles. The normalized spacial score (nSPS) is 15.4. The molecule has 0 fully saturated rings. The molecule has 1 aliphatic heterocycles. The van der Waals surface area contributed by atoms with Gasteiger partial charge in [-0.1, -0.05) is 12.1 Å².